The zero-order valence-electron chi connectivity index (χ0n) is 9.79. The summed E-state index contributed by atoms with van der Waals surface area (Å²) in [6.07, 6.45) is 2.54. The number of halogens is 1. The second kappa shape index (κ2) is 6.37. The van der Waals surface area contributed by atoms with Gasteiger partial charge < -0.3 is 9.84 Å². The third-order valence-electron chi connectivity index (χ3n) is 2.36. The highest BCUT2D eigenvalue weighted by molar-refractivity contribution is 6.30. The first-order chi connectivity index (χ1) is 8.78. The lowest BCUT2D eigenvalue weighted by Crippen LogP contribution is -2.05. The van der Waals surface area contributed by atoms with Gasteiger partial charge in [0.2, 0.25) is 0 Å². The Hall–Kier alpha value is -1.59. The fraction of sp³-hybridized carbons (Fsp3) is 0.333. The Kier molecular flexibility index (Phi) is 4.55. The maximum absolute atomic E-state index is 8.84. The van der Waals surface area contributed by atoms with Crippen LogP contribution in [-0.2, 0) is 13.2 Å². The standard InChI is InChI=1S/C12H14ClN3O2/c13-10-2-4-12(5-3-10)18-7-1-6-16-8-11(9-17)14-15-16/h2-5,8,17H,1,6-7,9H2. The highest BCUT2D eigenvalue weighted by atomic mass is 35.5. The van der Waals surface area contributed by atoms with Crippen molar-refractivity contribution in [3.63, 3.8) is 0 Å². The first-order valence-electron chi connectivity index (χ1n) is 5.66. The molecule has 5 nitrogen and oxygen atoms in total. The normalized spacial score (nSPS) is 10.6. The van der Waals surface area contributed by atoms with Gasteiger partial charge in [-0.15, -0.1) is 5.10 Å². The number of hydrogen-bond donors (Lipinski definition) is 1. The minimum Gasteiger partial charge on any atom is -0.494 e. The van der Waals surface area contributed by atoms with Gasteiger partial charge in [-0.3, -0.25) is 4.68 Å². The van der Waals surface area contributed by atoms with Crippen molar-refractivity contribution in [2.75, 3.05) is 6.61 Å². The van der Waals surface area contributed by atoms with E-state index >= 15 is 0 Å². The number of rotatable bonds is 6. The monoisotopic (exact) mass is 267 g/mol. The van der Waals surface area contributed by atoms with Crippen LogP contribution in [0, 0.1) is 0 Å². The Balaban J connectivity index is 1.71. The molecule has 1 aromatic heterocycles. The van der Waals surface area contributed by atoms with E-state index in [0.717, 1.165) is 12.2 Å². The Morgan fingerprint density at radius 1 is 1.28 bits per heavy atom. The van der Waals surface area contributed by atoms with Gasteiger partial charge in [-0.05, 0) is 24.3 Å². The quantitative estimate of drug-likeness (QED) is 0.812. The molecule has 0 aliphatic carbocycles. The molecule has 1 N–H and O–H groups in total. The molecule has 96 valence electrons. The first kappa shape index (κ1) is 12.9. The first-order valence-corrected chi connectivity index (χ1v) is 6.04. The van der Waals surface area contributed by atoms with Crippen LogP contribution in [0.15, 0.2) is 30.5 Å². The summed E-state index contributed by atoms with van der Waals surface area (Å²) in [4.78, 5) is 0. The van der Waals surface area contributed by atoms with Gasteiger partial charge in [0.15, 0.2) is 0 Å². The minimum absolute atomic E-state index is 0.0821. The lowest BCUT2D eigenvalue weighted by Gasteiger charge is -2.05. The third-order valence-corrected chi connectivity index (χ3v) is 2.61. The molecule has 1 aromatic carbocycles. The molecular weight excluding hydrogens is 254 g/mol. The van der Waals surface area contributed by atoms with Gasteiger partial charge in [0.1, 0.15) is 11.4 Å². The van der Waals surface area contributed by atoms with Gasteiger partial charge in [0, 0.05) is 18.0 Å². The van der Waals surface area contributed by atoms with E-state index in [1.54, 1.807) is 23.0 Å². The van der Waals surface area contributed by atoms with Gasteiger partial charge in [0.05, 0.1) is 19.4 Å². The molecule has 6 heteroatoms. The van der Waals surface area contributed by atoms with E-state index < -0.39 is 0 Å². The van der Waals surface area contributed by atoms with E-state index in [9.17, 15) is 0 Å². The van der Waals surface area contributed by atoms with Gasteiger partial charge in [0.25, 0.3) is 0 Å². The van der Waals surface area contributed by atoms with E-state index in [0.29, 0.717) is 23.9 Å². The molecule has 0 aliphatic heterocycles. The maximum atomic E-state index is 8.84. The number of benzene rings is 1. The molecule has 0 bridgehead atoms. The number of aromatic nitrogens is 3. The summed E-state index contributed by atoms with van der Waals surface area (Å²) >= 11 is 5.77. The number of aliphatic hydroxyl groups excluding tert-OH is 1. The average molecular weight is 268 g/mol. The second-order valence-electron chi connectivity index (χ2n) is 3.79. The van der Waals surface area contributed by atoms with Crippen LogP contribution in [0.25, 0.3) is 0 Å². The molecule has 0 spiro atoms. The van der Waals surface area contributed by atoms with Crippen molar-refractivity contribution < 1.29 is 9.84 Å². The molecule has 18 heavy (non-hydrogen) atoms. The van der Waals surface area contributed by atoms with Gasteiger partial charge >= 0.3 is 0 Å². The molecule has 2 rings (SSSR count). The topological polar surface area (TPSA) is 60.2 Å². The van der Waals surface area contributed by atoms with E-state index in [1.807, 2.05) is 12.1 Å². The lowest BCUT2D eigenvalue weighted by atomic mass is 10.3. The van der Waals surface area contributed by atoms with Crippen molar-refractivity contribution in [1.82, 2.24) is 15.0 Å². The minimum atomic E-state index is -0.0821. The number of ether oxygens (including phenoxy) is 1. The summed E-state index contributed by atoms with van der Waals surface area (Å²) < 4.78 is 7.24. The lowest BCUT2D eigenvalue weighted by molar-refractivity contribution is 0.276. The van der Waals surface area contributed by atoms with Crippen LogP contribution in [0.1, 0.15) is 12.1 Å². The molecule has 0 fully saturated rings. The molecule has 0 saturated carbocycles. The van der Waals surface area contributed by atoms with E-state index in [1.165, 1.54) is 0 Å². The predicted octanol–water partition coefficient (Wildman–Crippen LogP) is 1.89. The van der Waals surface area contributed by atoms with Crippen molar-refractivity contribution in [3.8, 4) is 5.75 Å². The molecule has 0 amide bonds. The van der Waals surface area contributed by atoms with E-state index in [-0.39, 0.29) is 6.61 Å². The fourth-order valence-electron chi connectivity index (χ4n) is 1.47. The largest absolute Gasteiger partial charge is 0.494 e. The number of aliphatic hydroxyl groups is 1. The Morgan fingerprint density at radius 2 is 2.06 bits per heavy atom. The molecule has 2 aromatic rings. The maximum Gasteiger partial charge on any atom is 0.119 e. The highest BCUT2D eigenvalue weighted by Crippen LogP contribution is 2.15. The summed E-state index contributed by atoms with van der Waals surface area (Å²) in [5.41, 5.74) is 0.577. The number of nitrogens with zero attached hydrogens (tertiary/aromatic N) is 3. The van der Waals surface area contributed by atoms with Crippen LogP contribution >= 0.6 is 11.6 Å². The van der Waals surface area contributed by atoms with Crippen LogP contribution in [0.5, 0.6) is 5.75 Å². The summed E-state index contributed by atoms with van der Waals surface area (Å²) in [6, 6.07) is 7.26. The Morgan fingerprint density at radius 3 is 2.72 bits per heavy atom. The van der Waals surface area contributed by atoms with Crippen molar-refractivity contribution in [2.24, 2.45) is 0 Å². The van der Waals surface area contributed by atoms with Crippen LogP contribution in [0.2, 0.25) is 5.02 Å². The van der Waals surface area contributed by atoms with Crippen LogP contribution in [0.3, 0.4) is 0 Å². The molecule has 0 radical (unpaired) electrons. The number of hydrogen-bond acceptors (Lipinski definition) is 4. The summed E-state index contributed by atoms with van der Waals surface area (Å²) in [7, 11) is 0. The summed E-state index contributed by atoms with van der Waals surface area (Å²) in [6.45, 7) is 1.22. The van der Waals surface area contributed by atoms with Crippen molar-refractivity contribution >= 4 is 11.6 Å². The van der Waals surface area contributed by atoms with E-state index in [4.69, 9.17) is 21.4 Å². The fourth-order valence-corrected chi connectivity index (χ4v) is 1.59. The van der Waals surface area contributed by atoms with Crippen molar-refractivity contribution in [3.05, 3.63) is 41.2 Å². The smallest absolute Gasteiger partial charge is 0.119 e. The van der Waals surface area contributed by atoms with Crippen molar-refractivity contribution in [2.45, 2.75) is 19.6 Å². The number of aryl methyl sites for hydroxylation is 1. The van der Waals surface area contributed by atoms with Gasteiger partial charge in [-0.25, -0.2) is 0 Å². The Bertz CT molecular complexity index is 484. The molecular formula is C12H14ClN3O2. The van der Waals surface area contributed by atoms with Crippen molar-refractivity contribution in [1.29, 1.82) is 0 Å². The predicted molar refractivity (Wildman–Crippen MR) is 67.5 cm³/mol. The second-order valence-corrected chi connectivity index (χ2v) is 4.22. The van der Waals surface area contributed by atoms with E-state index in [2.05, 4.69) is 10.3 Å². The van der Waals surface area contributed by atoms with Gasteiger partial charge in [-0.1, -0.05) is 16.8 Å². The molecule has 1 heterocycles. The highest BCUT2D eigenvalue weighted by Gasteiger charge is 1.99. The summed E-state index contributed by atoms with van der Waals surface area (Å²) in [5, 5.41) is 17.2. The van der Waals surface area contributed by atoms with Gasteiger partial charge in [-0.2, -0.15) is 0 Å². The average Bonchev–Trinajstić information content (AvgIpc) is 2.85. The molecule has 0 aliphatic rings. The zero-order valence-corrected chi connectivity index (χ0v) is 10.5. The summed E-state index contributed by atoms with van der Waals surface area (Å²) in [5.74, 6) is 0.800. The molecule has 0 saturated heterocycles. The molecule has 0 unspecified atom stereocenters. The van der Waals surface area contributed by atoms with Crippen LogP contribution in [-0.4, -0.2) is 26.7 Å². The third kappa shape index (κ3) is 3.72. The molecule has 0 atom stereocenters. The zero-order chi connectivity index (χ0) is 12.8. The SMILES string of the molecule is OCc1cn(CCCOc2ccc(Cl)cc2)nn1. The van der Waals surface area contributed by atoms with Crippen LogP contribution < -0.4 is 4.74 Å². The van der Waals surface area contributed by atoms with Crippen LogP contribution in [0.4, 0.5) is 0 Å². The Labute approximate surface area is 110 Å².